The summed E-state index contributed by atoms with van der Waals surface area (Å²) >= 11 is 0. The van der Waals surface area contributed by atoms with Crippen LogP contribution in [0.1, 0.15) is 38.3 Å². The summed E-state index contributed by atoms with van der Waals surface area (Å²) in [5, 5.41) is 0. The molecule has 1 aliphatic heterocycles. The van der Waals surface area contributed by atoms with E-state index in [1.807, 2.05) is 69.3 Å². The molecule has 1 fully saturated rings. The number of carbonyl (C=O) groups is 1. The highest BCUT2D eigenvalue weighted by atomic mass is 16.5. The number of nitrogens with zero attached hydrogens (tertiary/aromatic N) is 2. The van der Waals surface area contributed by atoms with Crippen molar-refractivity contribution in [1.82, 2.24) is 4.98 Å². The molecule has 2 heterocycles. The standard InChI is InChI=1S/C25H31N3O3/c1-4-20(21-7-6-8-22(15-21)28-13-14-30-18-24(28)29)16-23(25(3,26)5-2)31-17-19-9-11-27-12-10-19/h4,6-12,15-16H,5,13-14,17-18,26H2,1-3H3/b20-4+,23-16+. The first-order chi connectivity index (χ1) is 14.9. The van der Waals surface area contributed by atoms with Gasteiger partial charge in [-0.05, 0) is 67.3 Å². The number of hydrogen-bond donors (Lipinski definition) is 1. The minimum atomic E-state index is -0.612. The Hall–Kier alpha value is -2.96. The Kier molecular flexibility index (Phi) is 7.60. The van der Waals surface area contributed by atoms with Crippen molar-refractivity contribution in [3.8, 4) is 0 Å². The molecule has 6 heteroatoms. The number of amides is 1. The van der Waals surface area contributed by atoms with Crippen molar-refractivity contribution in [2.24, 2.45) is 5.73 Å². The molecule has 2 N–H and O–H groups in total. The van der Waals surface area contributed by atoms with Crippen LogP contribution in [-0.2, 0) is 20.9 Å². The van der Waals surface area contributed by atoms with Crippen LogP contribution in [0, 0.1) is 0 Å². The minimum Gasteiger partial charge on any atom is -0.491 e. The molecule has 31 heavy (non-hydrogen) atoms. The number of carbonyl (C=O) groups excluding carboxylic acids is 1. The first-order valence-electron chi connectivity index (χ1n) is 10.6. The molecular weight excluding hydrogens is 390 g/mol. The van der Waals surface area contributed by atoms with Crippen LogP contribution < -0.4 is 10.6 Å². The lowest BCUT2D eigenvalue weighted by Crippen LogP contribution is -2.41. The van der Waals surface area contributed by atoms with Gasteiger partial charge in [-0.3, -0.25) is 9.78 Å². The van der Waals surface area contributed by atoms with Crippen molar-refractivity contribution in [2.75, 3.05) is 24.7 Å². The lowest BCUT2D eigenvalue weighted by atomic mass is 9.94. The van der Waals surface area contributed by atoms with Gasteiger partial charge < -0.3 is 20.1 Å². The Bertz CT molecular complexity index is 951. The summed E-state index contributed by atoms with van der Waals surface area (Å²) in [7, 11) is 0. The third kappa shape index (κ3) is 5.81. The van der Waals surface area contributed by atoms with Gasteiger partial charge in [0.15, 0.2) is 0 Å². The molecule has 2 aromatic rings. The summed E-state index contributed by atoms with van der Waals surface area (Å²) in [6.45, 7) is 7.64. The third-order valence-electron chi connectivity index (χ3n) is 5.52. The van der Waals surface area contributed by atoms with E-state index in [9.17, 15) is 4.79 Å². The van der Waals surface area contributed by atoms with E-state index in [4.69, 9.17) is 15.2 Å². The van der Waals surface area contributed by atoms with E-state index in [-0.39, 0.29) is 12.5 Å². The maximum absolute atomic E-state index is 12.2. The van der Waals surface area contributed by atoms with E-state index in [2.05, 4.69) is 4.98 Å². The second-order valence-electron chi connectivity index (χ2n) is 7.82. The van der Waals surface area contributed by atoms with E-state index < -0.39 is 5.54 Å². The summed E-state index contributed by atoms with van der Waals surface area (Å²) in [6.07, 6.45) is 8.26. The summed E-state index contributed by atoms with van der Waals surface area (Å²) in [5.74, 6) is 0.690. The molecule has 1 unspecified atom stereocenters. The van der Waals surface area contributed by atoms with Gasteiger partial charge in [-0.1, -0.05) is 25.1 Å². The third-order valence-corrected chi connectivity index (χ3v) is 5.52. The number of anilines is 1. The van der Waals surface area contributed by atoms with Crippen molar-refractivity contribution in [3.63, 3.8) is 0 Å². The molecule has 1 aromatic heterocycles. The van der Waals surface area contributed by atoms with Gasteiger partial charge in [-0.15, -0.1) is 0 Å². The highest BCUT2D eigenvalue weighted by Crippen LogP contribution is 2.28. The van der Waals surface area contributed by atoms with Gasteiger partial charge in [0.1, 0.15) is 19.0 Å². The number of rotatable bonds is 8. The lowest BCUT2D eigenvalue weighted by Gasteiger charge is -2.28. The fraction of sp³-hybridized carbons (Fsp3) is 0.360. The Morgan fingerprint density at radius 2 is 2.10 bits per heavy atom. The van der Waals surface area contributed by atoms with Crippen LogP contribution in [0.25, 0.3) is 5.57 Å². The molecule has 1 atom stereocenters. The van der Waals surface area contributed by atoms with Crippen LogP contribution in [0.5, 0.6) is 0 Å². The van der Waals surface area contributed by atoms with Gasteiger partial charge in [-0.2, -0.15) is 0 Å². The van der Waals surface area contributed by atoms with Crippen molar-refractivity contribution in [3.05, 3.63) is 77.8 Å². The molecule has 6 nitrogen and oxygen atoms in total. The molecule has 1 aromatic carbocycles. The Labute approximate surface area is 184 Å². The van der Waals surface area contributed by atoms with E-state index in [1.165, 1.54) is 0 Å². The minimum absolute atomic E-state index is 0.0251. The molecule has 3 rings (SSSR count). The van der Waals surface area contributed by atoms with E-state index in [1.54, 1.807) is 17.3 Å². The van der Waals surface area contributed by atoms with E-state index in [0.717, 1.165) is 28.8 Å². The van der Waals surface area contributed by atoms with Gasteiger partial charge in [0.05, 0.1) is 12.1 Å². The monoisotopic (exact) mass is 421 g/mol. The molecule has 0 radical (unpaired) electrons. The Morgan fingerprint density at radius 3 is 2.77 bits per heavy atom. The average Bonchev–Trinajstić information content (AvgIpc) is 2.80. The Morgan fingerprint density at radius 1 is 1.32 bits per heavy atom. The summed E-state index contributed by atoms with van der Waals surface area (Å²) in [5.41, 5.74) is 9.83. The van der Waals surface area contributed by atoms with Crippen LogP contribution >= 0.6 is 0 Å². The van der Waals surface area contributed by atoms with Crippen LogP contribution in [0.15, 0.2) is 66.7 Å². The van der Waals surface area contributed by atoms with E-state index in [0.29, 0.717) is 25.5 Å². The van der Waals surface area contributed by atoms with Crippen molar-refractivity contribution in [2.45, 2.75) is 39.3 Å². The molecule has 1 aliphatic rings. The summed E-state index contributed by atoms with van der Waals surface area (Å²) < 4.78 is 11.4. The lowest BCUT2D eigenvalue weighted by molar-refractivity contribution is -0.125. The largest absolute Gasteiger partial charge is 0.491 e. The number of hydrogen-bond acceptors (Lipinski definition) is 5. The maximum Gasteiger partial charge on any atom is 0.253 e. The maximum atomic E-state index is 12.2. The van der Waals surface area contributed by atoms with Gasteiger partial charge in [0, 0.05) is 24.6 Å². The smallest absolute Gasteiger partial charge is 0.253 e. The quantitative estimate of drug-likeness (QED) is 0.513. The molecule has 164 valence electrons. The number of allylic oxidation sites excluding steroid dienone is 3. The first-order valence-corrected chi connectivity index (χ1v) is 10.6. The Balaban J connectivity index is 1.89. The topological polar surface area (TPSA) is 77.7 Å². The van der Waals surface area contributed by atoms with Crippen LogP contribution in [0.4, 0.5) is 5.69 Å². The van der Waals surface area contributed by atoms with Crippen molar-refractivity contribution in [1.29, 1.82) is 0 Å². The normalized spacial score (nSPS) is 17.4. The van der Waals surface area contributed by atoms with Crippen LogP contribution in [0.2, 0.25) is 0 Å². The van der Waals surface area contributed by atoms with Gasteiger partial charge in [-0.25, -0.2) is 0 Å². The van der Waals surface area contributed by atoms with Crippen molar-refractivity contribution < 1.29 is 14.3 Å². The molecule has 1 amide bonds. The van der Waals surface area contributed by atoms with Gasteiger partial charge >= 0.3 is 0 Å². The van der Waals surface area contributed by atoms with E-state index >= 15 is 0 Å². The zero-order valence-corrected chi connectivity index (χ0v) is 18.5. The highest BCUT2D eigenvalue weighted by Gasteiger charge is 2.25. The summed E-state index contributed by atoms with van der Waals surface area (Å²) in [6, 6.07) is 11.8. The predicted octanol–water partition coefficient (Wildman–Crippen LogP) is 4.08. The van der Waals surface area contributed by atoms with Crippen LogP contribution in [-0.4, -0.2) is 36.2 Å². The fourth-order valence-electron chi connectivity index (χ4n) is 3.30. The first kappa shape index (κ1) is 22.7. The summed E-state index contributed by atoms with van der Waals surface area (Å²) in [4.78, 5) is 18.1. The molecule has 0 saturated carbocycles. The zero-order chi connectivity index (χ0) is 22.3. The predicted molar refractivity (Wildman–Crippen MR) is 123 cm³/mol. The zero-order valence-electron chi connectivity index (χ0n) is 18.5. The molecular formula is C25H31N3O3. The molecule has 0 spiro atoms. The number of pyridine rings is 1. The van der Waals surface area contributed by atoms with Crippen LogP contribution in [0.3, 0.4) is 0 Å². The molecule has 0 bridgehead atoms. The number of benzene rings is 1. The number of morpholine rings is 1. The number of nitrogens with two attached hydrogens (primary N) is 1. The number of aromatic nitrogens is 1. The van der Waals surface area contributed by atoms with Gasteiger partial charge in [0.25, 0.3) is 5.91 Å². The fourth-order valence-corrected chi connectivity index (χ4v) is 3.30. The second-order valence-corrected chi connectivity index (χ2v) is 7.82. The second kappa shape index (κ2) is 10.4. The highest BCUT2D eigenvalue weighted by molar-refractivity contribution is 5.95. The van der Waals surface area contributed by atoms with Gasteiger partial charge in [0.2, 0.25) is 0 Å². The van der Waals surface area contributed by atoms with Crippen molar-refractivity contribution >= 4 is 17.2 Å². The molecule has 0 aliphatic carbocycles. The SMILES string of the molecule is C/C=C(\C=C(\OCc1ccncc1)C(C)(N)CC)c1cccc(N2CCOCC2=O)c1. The average molecular weight is 422 g/mol. The molecule has 1 saturated heterocycles. The number of ether oxygens (including phenoxy) is 2.